The largest absolute Gasteiger partial charge is 0.496 e. The van der Waals surface area contributed by atoms with Gasteiger partial charge in [-0.2, -0.15) is 8.42 Å². The Hall–Kier alpha value is -4.17. The number of methoxy groups -OCH3 is 2. The van der Waals surface area contributed by atoms with Crippen LogP contribution in [0.1, 0.15) is 24.0 Å². The molecule has 0 N–H and O–H groups in total. The van der Waals surface area contributed by atoms with Crippen molar-refractivity contribution in [2.45, 2.75) is 26.4 Å². The zero-order chi connectivity index (χ0) is 29.0. The number of benzene rings is 4. The van der Waals surface area contributed by atoms with Crippen molar-refractivity contribution in [3.63, 3.8) is 0 Å². The fraction of sp³-hybridized carbons (Fsp3) is 0.273. The maximum Gasteiger partial charge on any atom is 0.306 e. The summed E-state index contributed by atoms with van der Waals surface area (Å²) in [4.78, 5) is 0. The topological polar surface area (TPSA) is 80.3 Å². The van der Waals surface area contributed by atoms with Gasteiger partial charge in [-0.25, -0.2) is 0 Å². The molecule has 5 rings (SSSR count). The lowest BCUT2D eigenvalue weighted by Crippen LogP contribution is -2.11. The Morgan fingerprint density at radius 2 is 1.44 bits per heavy atom. The zero-order valence-corrected chi connectivity index (χ0v) is 24.5. The SMILES string of the molecule is COc1cc(-c2c(OC)cc(-c3ccc(C)cc3)c(OCC3CC3)c2OS(C)(=O)=O)ccc1OCc1ccccc1. The lowest BCUT2D eigenvalue weighted by atomic mass is 9.95. The van der Waals surface area contributed by atoms with Crippen LogP contribution < -0.4 is 23.1 Å². The van der Waals surface area contributed by atoms with Crippen molar-refractivity contribution in [3.05, 3.63) is 90.0 Å². The van der Waals surface area contributed by atoms with Gasteiger partial charge in [-0.05, 0) is 60.6 Å². The molecule has 0 bridgehead atoms. The van der Waals surface area contributed by atoms with E-state index in [1.807, 2.05) is 73.7 Å². The van der Waals surface area contributed by atoms with E-state index < -0.39 is 10.1 Å². The summed E-state index contributed by atoms with van der Waals surface area (Å²) in [6, 6.07) is 25.0. The van der Waals surface area contributed by atoms with Crippen LogP contribution in [0.4, 0.5) is 0 Å². The molecule has 0 heterocycles. The van der Waals surface area contributed by atoms with Gasteiger partial charge in [0.2, 0.25) is 0 Å². The van der Waals surface area contributed by atoms with Crippen molar-refractivity contribution >= 4 is 10.1 Å². The third-order valence-corrected chi connectivity index (χ3v) is 7.34. The molecule has 0 atom stereocenters. The van der Waals surface area contributed by atoms with Crippen LogP contribution in [-0.2, 0) is 16.7 Å². The van der Waals surface area contributed by atoms with Gasteiger partial charge >= 0.3 is 10.1 Å². The molecule has 0 aliphatic heterocycles. The van der Waals surface area contributed by atoms with Crippen molar-refractivity contribution in [2.75, 3.05) is 27.1 Å². The zero-order valence-electron chi connectivity index (χ0n) is 23.7. The molecule has 1 saturated carbocycles. The standard InChI is InChI=1S/C33H34O7S/c1-22-10-14-25(15-11-22)27-19-30(37-3)31(33(40-41(4,34)35)32(27)39-21-24-12-13-24)26-16-17-28(29(18-26)36-2)38-20-23-8-6-5-7-9-23/h5-11,14-19,24H,12-13,20-21H2,1-4H3. The van der Waals surface area contributed by atoms with E-state index in [-0.39, 0.29) is 5.75 Å². The summed E-state index contributed by atoms with van der Waals surface area (Å²) in [6.45, 7) is 2.84. The van der Waals surface area contributed by atoms with Gasteiger partial charge in [0.1, 0.15) is 12.4 Å². The summed E-state index contributed by atoms with van der Waals surface area (Å²) >= 11 is 0. The highest BCUT2D eigenvalue weighted by molar-refractivity contribution is 7.86. The van der Waals surface area contributed by atoms with Crippen molar-refractivity contribution in [3.8, 4) is 51.0 Å². The number of hydrogen-bond acceptors (Lipinski definition) is 7. The van der Waals surface area contributed by atoms with Crippen LogP contribution in [0.15, 0.2) is 78.9 Å². The molecule has 4 aromatic carbocycles. The minimum absolute atomic E-state index is 0.0723. The van der Waals surface area contributed by atoms with Gasteiger partial charge in [0.25, 0.3) is 0 Å². The maximum absolute atomic E-state index is 12.6. The van der Waals surface area contributed by atoms with E-state index in [1.165, 1.54) is 0 Å². The van der Waals surface area contributed by atoms with Crippen LogP contribution in [0, 0.1) is 12.8 Å². The van der Waals surface area contributed by atoms with Gasteiger partial charge in [0.05, 0.1) is 32.6 Å². The summed E-state index contributed by atoms with van der Waals surface area (Å²) in [5, 5.41) is 0. The molecular weight excluding hydrogens is 540 g/mol. The minimum atomic E-state index is -3.94. The number of ether oxygens (including phenoxy) is 4. The fourth-order valence-electron chi connectivity index (χ4n) is 4.54. The van der Waals surface area contributed by atoms with E-state index in [0.717, 1.165) is 35.8 Å². The second kappa shape index (κ2) is 12.1. The predicted molar refractivity (Wildman–Crippen MR) is 160 cm³/mol. The fourth-order valence-corrected chi connectivity index (χ4v) is 5.00. The molecule has 1 aliphatic carbocycles. The molecule has 0 aromatic heterocycles. The van der Waals surface area contributed by atoms with Crippen LogP contribution in [0.3, 0.4) is 0 Å². The van der Waals surface area contributed by atoms with E-state index >= 15 is 0 Å². The second-order valence-electron chi connectivity index (χ2n) is 10.2. The molecule has 8 heteroatoms. The highest BCUT2D eigenvalue weighted by Gasteiger charge is 2.29. The number of hydrogen-bond donors (Lipinski definition) is 0. The maximum atomic E-state index is 12.6. The minimum Gasteiger partial charge on any atom is -0.496 e. The summed E-state index contributed by atoms with van der Waals surface area (Å²) in [7, 11) is -0.836. The van der Waals surface area contributed by atoms with Crippen LogP contribution in [-0.4, -0.2) is 35.5 Å². The molecule has 214 valence electrons. The quantitative estimate of drug-likeness (QED) is 0.168. The first-order chi connectivity index (χ1) is 19.8. The Bertz CT molecular complexity index is 1610. The smallest absolute Gasteiger partial charge is 0.306 e. The molecule has 41 heavy (non-hydrogen) atoms. The van der Waals surface area contributed by atoms with Gasteiger partial charge in [-0.3, -0.25) is 0 Å². The van der Waals surface area contributed by atoms with Gasteiger partial charge in [-0.1, -0.05) is 66.2 Å². The summed E-state index contributed by atoms with van der Waals surface area (Å²) in [6.07, 6.45) is 3.17. The van der Waals surface area contributed by atoms with E-state index in [2.05, 4.69) is 0 Å². The van der Waals surface area contributed by atoms with Gasteiger partial charge in [-0.15, -0.1) is 0 Å². The third kappa shape index (κ3) is 6.95. The Labute approximate surface area is 241 Å². The van der Waals surface area contributed by atoms with Gasteiger partial charge in [0, 0.05) is 5.56 Å². The molecule has 1 fully saturated rings. The molecule has 0 saturated heterocycles. The first kappa shape index (κ1) is 28.4. The Balaban J connectivity index is 1.65. The van der Waals surface area contributed by atoms with Crippen LogP contribution in [0.25, 0.3) is 22.3 Å². The first-order valence-corrected chi connectivity index (χ1v) is 15.3. The molecule has 0 radical (unpaired) electrons. The summed E-state index contributed by atoms with van der Waals surface area (Å²) in [5.41, 5.74) is 4.72. The summed E-state index contributed by atoms with van der Waals surface area (Å²) in [5.74, 6) is 2.31. The van der Waals surface area contributed by atoms with Crippen molar-refractivity contribution in [1.29, 1.82) is 0 Å². The lowest BCUT2D eigenvalue weighted by molar-refractivity contribution is 0.284. The van der Waals surface area contributed by atoms with E-state index in [0.29, 0.717) is 58.8 Å². The molecule has 1 aliphatic rings. The highest BCUT2D eigenvalue weighted by Crippen LogP contribution is 2.52. The van der Waals surface area contributed by atoms with E-state index in [4.69, 9.17) is 23.1 Å². The molecule has 0 unspecified atom stereocenters. The summed E-state index contributed by atoms with van der Waals surface area (Å²) < 4.78 is 54.8. The van der Waals surface area contributed by atoms with Crippen LogP contribution >= 0.6 is 0 Å². The normalized spacial score (nSPS) is 13.0. The van der Waals surface area contributed by atoms with Crippen molar-refractivity contribution in [2.24, 2.45) is 5.92 Å². The average Bonchev–Trinajstić information content (AvgIpc) is 3.80. The molecule has 4 aromatic rings. The molecule has 7 nitrogen and oxygen atoms in total. The number of aryl methyl sites for hydroxylation is 1. The van der Waals surface area contributed by atoms with E-state index in [1.54, 1.807) is 26.4 Å². The molecule has 0 amide bonds. The Morgan fingerprint density at radius 3 is 2.07 bits per heavy atom. The average molecular weight is 575 g/mol. The van der Waals surface area contributed by atoms with Crippen LogP contribution in [0.2, 0.25) is 0 Å². The second-order valence-corrected chi connectivity index (χ2v) is 11.8. The Morgan fingerprint density at radius 1 is 0.756 bits per heavy atom. The van der Waals surface area contributed by atoms with Crippen LogP contribution in [0.5, 0.6) is 28.7 Å². The first-order valence-electron chi connectivity index (χ1n) is 13.4. The third-order valence-electron chi connectivity index (χ3n) is 6.87. The van der Waals surface area contributed by atoms with E-state index in [9.17, 15) is 8.42 Å². The lowest BCUT2D eigenvalue weighted by Gasteiger charge is -2.22. The highest BCUT2D eigenvalue weighted by atomic mass is 32.2. The Kier molecular flexibility index (Phi) is 8.40. The van der Waals surface area contributed by atoms with Gasteiger partial charge < -0.3 is 23.1 Å². The predicted octanol–water partition coefficient (Wildman–Crippen LogP) is 7.05. The van der Waals surface area contributed by atoms with Crippen molar-refractivity contribution in [1.82, 2.24) is 0 Å². The van der Waals surface area contributed by atoms with Crippen molar-refractivity contribution < 1.29 is 31.5 Å². The van der Waals surface area contributed by atoms with Gasteiger partial charge in [0.15, 0.2) is 23.0 Å². The number of rotatable bonds is 12. The molecular formula is C33H34O7S. The molecule has 0 spiro atoms. The monoisotopic (exact) mass is 574 g/mol.